The lowest BCUT2D eigenvalue weighted by atomic mass is 9.91. The summed E-state index contributed by atoms with van der Waals surface area (Å²) in [5.74, 6) is -0.669. The standard InChI is InChI=1S/C22H24N2O3/c1-4-5-16-8-12-18(13-9-16)22(3)20(26)24(21(27)23-22)14-19(25)17-10-6-15(2)7-11-17/h6-13H,4-5,14H2,1-3H3,(H,23,27). The zero-order valence-electron chi connectivity index (χ0n) is 15.9. The van der Waals surface area contributed by atoms with Crippen molar-refractivity contribution >= 4 is 17.7 Å². The minimum Gasteiger partial charge on any atom is -0.319 e. The van der Waals surface area contributed by atoms with Crippen molar-refractivity contribution in [1.29, 1.82) is 0 Å². The maximum atomic E-state index is 13.0. The van der Waals surface area contributed by atoms with Crippen LogP contribution in [0.2, 0.25) is 0 Å². The van der Waals surface area contributed by atoms with Gasteiger partial charge < -0.3 is 5.32 Å². The Bertz CT molecular complexity index is 871. The van der Waals surface area contributed by atoms with Crippen LogP contribution in [0.25, 0.3) is 0 Å². The molecule has 5 heteroatoms. The monoisotopic (exact) mass is 364 g/mol. The number of amides is 3. The molecule has 1 unspecified atom stereocenters. The van der Waals surface area contributed by atoms with E-state index in [9.17, 15) is 14.4 Å². The first kappa shape index (κ1) is 18.8. The Kier molecular flexibility index (Phi) is 5.13. The highest BCUT2D eigenvalue weighted by Crippen LogP contribution is 2.29. The van der Waals surface area contributed by atoms with Crippen LogP contribution in [-0.2, 0) is 16.8 Å². The number of Topliss-reactive ketones (excluding diaryl/α,β-unsaturated/α-hetero) is 1. The van der Waals surface area contributed by atoms with Gasteiger partial charge in [-0.25, -0.2) is 4.79 Å². The molecule has 1 aliphatic rings. The fraction of sp³-hybridized carbons (Fsp3) is 0.318. The van der Waals surface area contributed by atoms with Crippen LogP contribution in [0.1, 0.15) is 47.3 Å². The molecule has 0 bridgehead atoms. The van der Waals surface area contributed by atoms with Gasteiger partial charge in [-0.15, -0.1) is 0 Å². The summed E-state index contributed by atoms with van der Waals surface area (Å²) >= 11 is 0. The van der Waals surface area contributed by atoms with E-state index in [0.29, 0.717) is 11.1 Å². The van der Waals surface area contributed by atoms with Gasteiger partial charge in [-0.2, -0.15) is 0 Å². The summed E-state index contributed by atoms with van der Waals surface area (Å²) in [5, 5.41) is 2.75. The molecule has 1 N–H and O–H groups in total. The van der Waals surface area contributed by atoms with Crippen LogP contribution >= 0.6 is 0 Å². The Hall–Kier alpha value is -2.95. The van der Waals surface area contributed by atoms with Crippen LogP contribution in [0.5, 0.6) is 0 Å². The Morgan fingerprint density at radius 3 is 2.26 bits per heavy atom. The van der Waals surface area contributed by atoms with E-state index in [0.717, 1.165) is 23.3 Å². The van der Waals surface area contributed by atoms with Gasteiger partial charge in [0.15, 0.2) is 5.78 Å². The summed E-state index contributed by atoms with van der Waals surface area (Å²) in [6.07, 6.45) is 2.01. The van der Waals surface area contributed by atoms with Crippen molar-refractivity contribution in [3.05, 3.63) is 70.8 Å². The minimum atomic E-state index is -1.16. The van der Waals surface area contributed by atoms with Gasteiger partial charge in [-0.1, -0.05) is 67.4 Å². The molecular weight excluding hydrogens is 340 g/mol. The fourth-order valence-corrected chi connectivity index (χ4v) is 3.30. The SMILES string of the molecule is CCCc1ccc(C2(C)NC(=O)N(CC(=O)c3ccc(C)cc3)C2=O)cc1. The second kappa shape index (κ2) is 7.35. The number of nitrogens with one attached hydrogen (secondary N) is 1. The Balaban J connectivity index is 1.79. The molecular formula is C22H24N2O3. The Labute approximate surface area is 159 Å². The van der Waals surface area contributed by atoms with E-state index in [1.165, 1.54) is 5.56 Å². The second-order valence-corrected chi connectivity index (χ2v) is 7.18. The van der Waals surface area contributed by atoms with Crippen molar-refractivity contribution in [2.24, 2.45) is 0 Å². The number of ketones is 1. The summed E-state index contributed by atoms with van der Waals surface area (Å²) in [6, 6.07) is 14.2. The van der Waals surface area contributed by atoms with Gasteiger partial charge in [0.2, 0.25) is 0 Å². The van der Waals surface area contributed by atoms with Gasteiger partial charge in [-0.05, 0) is 31.4 Å². The number of imide groups is 1. The van der Waals surface area contributed by atoms with E-state index in [4.69, 9.17) is 0 Å². The van der Waals surface area contributed by atoms with E-state index in [-0.39, 0.29) is 12.3 Å². The third-order valence-corrected chi connectivity index (χ3v) is 5.02. The van der Waals surface area contributed by atoms with Crippen molar-refractivity contribution in [3.63, 3.8) is 0 Å². The van der Waals surface area contributed by atoms with Gasteiger partial charge in [0, 0.05) is 5.56 Å². The number of carbonyl (C=O) groups is 3. The summed E-state index contributed by atoms with van der Waals surface area (Å²) in [5.41, 5.74) is 2.27. The topological polar surface area (TPSA) is 66.5 Å². The highest BCUT2D eigenvalue weighted by molar-refractivity contribution is 6.11. The van der Waals surface area contributed by atoms with Gasteiger partial charge in [0.1, 0.15) is 5.54 Å². The molecule has 1 heterocycles. The average Bonchev–Trinajstić information content (AvgIpc) is 2.87. The smallest absolute Gasteiger partial charge is 0.319 e. The first-order valence-electron chi connectivity index (χ1n) is 9.18. The molecule has 0 radical (unpaired) electrons. The minimum absolute atomic E-state index is 0.263. The van der Waals surface area contributed by atoms with Crippen molar-refractivity contribution in [2.75, 3.05) is 6.54 Å². The van der Waals surface area contributed by atoms with Crippen molar-refractivity contribution in [1.82, 2.24) is 10.2 Å². The molecule has 2 aromatic rings. The molecule has 0 aliphatic carbocycles. The molecule has 0 aromatic heterocycles. The fourth-order valence-electron chi connectivity index (χ4n) is 3.30. The number of rotatable bonds is 6. The van der Waals surface area contributed by atoms with Crippen molar-refractivity contribution in [2.45, 2.75) is 39.2 Å². The van der Waals surface area contributed by atoms with E-state index < -0.39 is 17.5 Å². The maximum absolute atomic E-state index is 13.0. The van der Waals surface area contributed by atoms with E-state index in [1.54, 1.807) is 19.1 Å². The zero-order chi connectivity index (χ0) is 19.6. The predicted octanol–water partition coefficient (Wildman–Crippen LogP) is 3.60. The first-order chi connectivity index (χ1) is 12.8. The number of carbonyl (C=O) groups excluding carboxylic acids is 3. The Morgan fingerprint density at radius 2 is 1.67 bits per heavy atom. The lowest BCUT2D eigenvalue weighted by Crippen LogP contribution is -2.41. The zero-order valence-corrected chi connectivity index (χ0v) is 15.9. The third-order valence-electron chi connectivity index (χ3n) is 5.02. The molecule has 1 saturated heterocycles. The molecule has 0 saturated carbocycles. The van der Waals surface area contributed by atoms with Gasteiger partial charge in [0.25, 0.3) is 5.91 Å². The van der Waals surface area contributed by atoms with Gasteiger partial charge >= 0.3 is 6.03 Å². The number of benzene rings is 2. The normalized spacial score (nSPS) is 19.3. The van der Waals surface area contributed by atoms with Crippen LogP contribution in [0.4, 0.5) is 4.79 Å². The highest BCUT2D eigenvalue weighted by atomic mass is 16.2. The third kappa shape index (κ3) is 3.63. The Morgan fingerprint density at radius 1 is 1.04 bits per heavy atom. The summed E-state index contributed by atoms with van der Waals surface area (Å²) in [4.78, 5) is 38.9. The van der Waals surface area contributed by atoms with Gasteiger partial charge in [0.05, 0.1) is 6.54 Å². The largest absolute Gasteiger partial charge is 0.325 e. The van der Waals surface area contributed by atoms with E-state index in [2.05, 4.69) is 12.2 Å². The number of hydrogen-bond donors (Lipinski definition) is 1. The number of nitrogens with zero attached hydrogens (tertiary/aromatic N) is 1. The number of urea groups is 1. The molecule has 140 valence electrons. The van der Waals surface area contributed by atoms with Crippen LogP contribution in [0.15, 0.2) is 48.5 Å². The molecule has 2 aromatic carbocycles. The number of aryl methyl sites for hydroxylation is 2. The maximum Gasteiger partial charge on any atom is 0.325 e. The summed E-state index contributed by atoms with van der Waals surface area (Å²) < 4.78 is 0. The molecule has 1 atom stereocenters. The molecule has 3 amide bonds. The molecule has 1 aliphatic heterocycles. The molecule has 27 heavy (non-hydrogen) atoms. The van der Waals surface area contributed by atoms with Crippen LogP contribution in [0, 0.1) is 6.92 Å². The van der Waals surface area contributed by atoms with E-state index >= 15 is 0 Å². The van der Waals surface area contributed by atoms with E-state index in [1.807, 2.05) is 43.3 Å². The summed E-state index contributed by atoms with van der Waals surface area (Å²) in [6.45, 7) is 5.46. The molecule has 1 fully saturated rings. The highest BCUT2D eigenvalue weighted by Gasteiger charge is 2.49. The van der Waals surface area contributed by atoms with Crippen molar-refractivity contribution in [3.8, 4) is 0 Å². The quantitative estimate of drug-likeness (QED) is 0.629. The van der Waals surface area contributed by atoms with Crippen LogP contribution < -0.4 is 5.32 Å². The average molecular weight is 364 g/mol. The van der Waals surface area contributed by atoms with Crippen LogP contribution in [0.3, 0.4) is 0 Å². The van der Waals surface area contributed by atoms with Crippen molar-refractivity contribution < 1.29 is 14.4 Å². The van der Waals surface area contributed by atoms with Crippen LogP contribution in [-0.4, -0.2) is 29.2 Å². The number of hydrogen-bond acceptors (Lipinski definition) is 3. The molecule has 5 nitrogen and oxygen atoms in total. The molecule has 0 spiro atoms. The second-order valence-electron chi connectivity index (χ2n) is 7.18. The predicted molar refractivity (Wildman–Crippen MR) is 104 cm³/mol. The van der Waals surface area contributed by atoms with Gasteiger partial charge in [-0.3, -0.25) is 14.5 Å². The summed E-state index contributed by atoms with van der Waals surface area (Å²) in [7, 11) is 0. The molecule has 3 rings (SSSR count). The first-order valence-corrected chi connectivity index (χ1v) is 9.18. The lowest BCUT2D eigenvalue weighted by Gasteiger charge is -2.22. The lowest BCUT2D eigenvalue weighted by molar-refractivity contribution is -0.130.